The number of nitrogens with one attached hydrogen (secondary N) is 1. The summed E-state index contributed by atoms with van der Waals surface area (Å²) in [6.07, 6.45) is 2.65. The number of hydrogen-bond donors (Lipinski definition) is 2. The molecule has 0 aromatic heterocycles. The molecule has 1 unspecified atom stereocenters. The molecule has 1 fully saturated rings. The van der Waals surface area contributed by atoms with E-state index in [2.05, 4.69) is 5.32 Å². The van der Waals surface area contributed by atoms with Crippen LogP contribution in [0.1, 0.15) is 39.0 Å². The summed E-state index contributed by atoms with van der Waals surface area (Å²) in [4.78, 5) is 35.2. The number of carbonyl (C=O) groups excluding carboxylic acids is 2. The number of hydrogen-bond acceptors (Lipinski definition) is 3. The monoisotopic (exact) mass is 256 g/mol. The van der Waals surface area contributed by atoms with Gasteiger partial charge in [0, 0.05) is 19.0 Å². The van der Waals surface area contributed by atoms with Gasteiger partial charge in [-0.25, -0.2) is 0 Å². The van der Waals surface area contributed by atoms with Crippen molar-refractivity contribution in [1.82, 2.24) is 10.2 Å². The van der Waals surface area contributed by atoms with E-state index in [-0.39, 0.29) is 30.8 Å². The normalized spacial score (nSPS) is 16.7. The summed E-state index contributed by atoms with van der Waals surface area (Å²) >= 11 is 0. The van der Waals surface area contributed by atoms with Crippen molar-refractivity contribution in [2.45, 2.75) is 45.1 Å². The van der Waals surface area contributed by atoms with Gasteiger partial charge in [-0.2, -0.15) is 0 Å². The van der Waals surface area contributed by atoms with Crippen LogP contribution in [0.4, 0.5) is 0 Å². The maximum atomic E-state index is 11.7. The van der Waals surface area contributed by atoms with E-state index < -0.39 is 5.97 Å². The van der Waals surface area contributed by atoms with Crippen molar-refractivity contribution in [3.05, 3.63) is 0 Å². The summed E-state index contributed by atoms with van der Waals surface area (Å²) in [6.45, 7) is 2.59. The van der Waals surface area contributed by atoms with E-state index in [1.54, 1.807) is 0 Å². The van der Waals surface area contributed by atoms with Gasteiger partial charge in [-0.05, 0) is 12.8 Å². The summed E-state index contributed by atoms with van der Waals surface area (Å²) < 4.78 is 0. The molecule has 0 spiro atoms. The molecule has 6 nitrogen and oxygen atoms in total. The SMILES string of the molecule is CCCC(CC(=O)O)NC(=O)CN1CCCC1=O. The smallest absolute Gasteiger partial charge is 0.305 e. The van der Waals surface area contributed by atoms with Gasteiger partial charge in [-0.3, -0.25) is 14.4 Å². The van der Waals surface area contributed by atoms with Crippen molar-refractivity contribution in [1.29, 1.82) is 0 Å². The summed E-state index contributed by atoms with van der Waals surface area (Å²) in [5.41, 5.74) is 0. The number of carboxylic acid groups (broad SMARTS) is 1. The van der Waals surface area contributed by atoms with Crippen LogP contribution in [0.2, 0.25) is 0 Å². The molecule has 1 aliphatic rings. The van der Waals surface area contributed by atoms with Crippen molar-refractivity contribution in [2.24, 2.45) is 0 Å². The molecule has 0 aromatic carbocycles. The Balaban J connectivity index is 2.40. The van der Waals surface area contributed by atoms with Crippen molar-refractivity contribution >= 4 is 17.8 Å². The third kappa shape index (κ3) is 4.73. The van der Waals surface area contributed by atoms with Gasteiger partial charge in [0.1, 0.15) is 0 Å². The minimum Gasteiger partial charge on any atom is -0.481 e. The Kier molecular flexibility index (Phi) is 5.61. The fraction of sp³-hybridized carbons (Fsp3) is 0.750. The lowest BCUT2D eigenvalue weighted by Gasteiger charge is -2.19. The van der Waals surface area contributed by atoms with Gasteiger partial charge in [0.05, 0.1) is 13.0 Å². The summed E-state index contributed by atoms with van der Waals surface area (Å²) in [5, 5.41) is 11.4. The average molecular weight is 256 g/mol. The lowest BCUT2D eigenvalue weighted by Crippen LogP contribution is -2.43. The molecule has 102 valence electrons. The van der Waals surface area contributed by atoms with Gasteiger partial charge < -0.3 is 15.3 Å². The van der Waals surface area contributed by atoms with Gasteiger partial charge in [0.2, 0.25) is 11.8 Å². The maximum Gasteiger partial charge on any atom is 0.305 e. The van der Waals surface area contributed by atoms with Crippen LogP contribution in [0.25, 0.3) is 0 Å². The summed E-state index contributed by atoms with van der Waals surface area (Å²) in [6, 6.07) is -0.349. The first-order valence-corrected chi connectivity index (χ1v) is 6.31. The van der Waals surface area contributed by atoms with Crippen LogP contribution >= 0.6 is 0 Å². The molecule has 1 heterocycles. The quantitative estimate of drug-likeness (QED) is 0.689. The highest BCUT2D eigenvalue weighted by Crippen LogP contribution is 2.09. The Morgan fingerprint density at radius 1 is 1.50 bits per heavy atom. The zero-order valence-corrected chi connectivity index (χ0v) is 10.6. The van der Waals surface area contributed by atoms with Gasteiger partial charge in [0.15, 0.2) is 0 Å². The maximum absolute atomic E-state index is 11.7. The van der Waals surface area contributed by atoms with Crippen LogP contribution in [0, 0.1) is 0 Å². The van der Waals surface area contributed by atoms with Crippen LogP contribution in [-0.4, -0.2) is 46.9 Å². The Bertz CT molecular complexity index is 330. The molecule has 0 aromatic rings. The van der Waals surface area contributed by atoms with Crippen molar-refractivity contribution in [2.75, 3.05) is 13.1 Å². The fourth-order valence-electron chi connectivity index (χ4n) is 2.10. The minimum atomic E-state index is -0.925. The van der Waals surface area contributed by atoms with Gasteiger partial charge >= 0.3 is 5.97 Å². The molecular weight excluding hydrogens is 236 g/mol. The average Bonchev–Trinajstić information content (AvgIpc) is 2.63. The first kappa shape index (κ1) is 14.5. The number of amides is 2. The number of carboxylic acids is 1. The Hall–Kier alpha value is -1.59. The molecular formula is C12H20N2O4. The molecule has 1 atom stereocenters. The van der Waals surface area contributed by atoms with Crippen molar-refractivity contribution in [3.63, 3.8) is 0 Å². The third-order valence-electron chi connectivity index (χ3n) is 2.93. The molecule has 2 N–H and O–H groups in total. The fourth-order valence-corrected chi connectivity index (χ4v) is 2.10. The second-order valence-electron chi connectivity index (χ2n) is 4.57. The highest BCUT2D eigenvalue weighted by atomic mass is 16.4. The summed E-state index contributed by atoms with van der Waals surface area (Å²) in [7, 11) is 0. The topological polar surface area (TPSA) is 86.7 Å². The van der Waals surface area contributed by atoms with E-state index >= 15 is 0 Å². The number of nitrogens with zero attached hydrogens (tertiary/aromatic N) is 1. The Morgan fingerprint density at radius 3 is 2.72 bits per heavy atom. The molecule has 0 radical (unpaired) electrons. The van der Waals surface area contributed by atoms with Gasteiger partial charge in [0.25, 0.3) is 0 Å². The number of aliphatic carboxylic acids is 1. The molecule has 0 aliphatic carbocycles. The Morgan fingerprint density at radius 2 is 2.22 bits per heavy atom. The zero-order chi connectivity index (χ0) is 13.5. The Labute approximate surface area is 106 Å². The third-order valence-corrected chi connectivity index (χ3v) is 2.93. The van der Waals surface area contributed by atoms with E-state index in [1.165, 1.54) is 4.90 Å². The molecule has 2 amide bonds. The van der Waals surface area contributed by atoms with Crippen LogP contribution in [0.3, 0.4) is 0 Å². The van der Waals surface area contributed by atoms with Crippen LogP contribution in [0.15, 0.2) is 0 Å². The minimum absolute atomic E-state index is 0.00424. The van der Waals surface area contributed by atoms with E-state index in [0.29, 0.717) is 19.4 Å². The first-order valence-electron chi connectivity index (χ1n) is 6.31. The highest BCUT2D eigenvalue weighted by Gasteiger charge is 2.23. The highest BCUT2D eigenvalue weighted by molar-refractivity contribution is 5.86. The summed E-state index contributed by atoms with van der Waals surface area (Å²) in [5.74, 6) is -1.20. The second kappa shape index (κ2) is 6.98. The predicted octanol–water partition coefficient (Wildman–Crippen LogP) is 0.368. The van der Waals surface area contributed by atoms with E-state index in [0.717, 1.165) is 12.8 Å². The molecule has 18 heavy (non-hydrogen) atoms. The molecule has 1 saturated heterocycles. The van der Waals surface area contributed by atoms with Crippen LogP contribution in [-0.2, 0) is 14.4 Å². The van der Waals surface area contributed by atoms with Crippen molar-refractivity contribution in [3.8, 4) is 0 Å². The van der Waals surface area contributed by atoms with E-state index in [9.17, 15) is 14.4 Å². The van der Waals surface area contributed by atoms with E-state index in [1.807, 2.05) is 6.92 Å². The number of carbonyl (C=O) groups is 3. The lowest BCUT2D eigenvalue weighted by molar-refractivity contribution is -0.138. The van der Waals surface area contributed by atoms with E-state index in [4.69, 9.17) is 5.11 Å². The molecule has 1 aliphatic heterocycles. The second-order valence-corrected chi connectivity index (χ2v) is 4.57. The number of rotatable bonds is 7. The predicted molar refractivity (Wildman–Crippen MR) is 64.9 cm³/mol. The molecule has 1 rings (SSSR count). The van der Waals surface area contributed by atoms with Gasteiger partial charge in [-0.1, -0.05) is 13.3 Å². The molecule has 0 bridgehead atoms. The van der Waals surface area contributed by atoms with Crippen LogP contribution < -0.4 is 5.32 Å². The largest absolute Gasteiger partial charge is 0.481 e. The lowest BCUT2D eigenvalue weighted by atomic mass is 10.1. The molecule has 6 heteroatoms. The standard InChI is InChI=1S/C12H20N2O4/c1-2-4-9(7-12(17)18)13-10(15)8-14-6-3-5-11(14)16/h9H,2-8H2,1H3,(H,13,15)(H,17,18). The first-order chi connectivity index (χ1) is 8.52. The van der Waals surface area contributed by atoms with Gasteiger partial charge in [-0.15, -0.1) is 0 Å². The van der Waals surface area contributed by atoms with Crippen LogP contribution in [0.5, 0.6) is 0 Å². The zero-order valence-electron chi connectivity index (χ0n) is 10.6. The van der Waals surface area contributed by atoms with Crippen molar-refractivity contribution < 1.29 is 19.5 Å². The number of likely N-dealkylation sites (tertiary alicyclic amines) is 1. The molecule has 0 saturated carbocycles.